The number of nitrogens with zero attached hydrogens (tertiary/aromatic N) is 1. The second-order valence-electron chi connectivity index (χ2n) is 6.35. The summed E-state index contributed by atoms with van der Waals surface area (Å²) in [5.41, 5.74) is 0.432. The van der Waals surface area contributed by atoms with Crippen molar-refractivity contribution in [3.63, 3.8) is 0 Å². The van der Waals surface area contributed by atoms with Crippen LogP contribution in [0.4, 0.5) is 5.82 Å². The topological polar surface area (TPSA) is 43.4 Å². The number of aromatic nitrogens is 1. The van der Waals surface area contributed by atoms with Gasteiger partial charge in [0.15, 0.2) is 0 Å². The summed E-state index contributed by atoms with van der Waals surface area (Å²) >= 11 is 0. The van der Waals surface area contributed by atoms with E-state index in [1.165, 1.54) is 0 Å². The largest absolute Gasteiger partial charge is 0.487 e. The van der Waals surface area contributed by atoms with Crippen LogP contribution in [0.5, 0.6) is 0 Å². The van der Waals surface area contributed by atoms with Gasteiger partial charge >= 0.3 is 7.12 Å². The third kappa shape index (κ3) is 3.66. The highest BCUT2D eigenvalue weighted by Crippen LogP contribution is 2.37. The third-order valence-corrected chi connectivity index (χ3v) is 4.09. The Labute approximate surface area is 128 Å². The molecule has 4 nitrogen and oxygen atoms in total. The highest BCUT2D eigenvalue weighted by molar-refractivity contribution is 6.52. The van der Waals surface area contributed by atoms with Crippen molar-refractivity contribution in [1.29, 1.82) is 0 Å². The molecule has 5 heteroatoms. The van der Waals surface area contributed by atoms with Crippen molar-refractivity contribution < 1.29 is 9.31 Å². The molecule has 0 saturated carbocycles. The standard InChI is InChI=1S/C16H25BN2O2/c1-6-11-18-14-13(8-7-12-19-14)9-10-17-20-15(2,3)16(4,5)21-17/h7-10,12H,6,11H2,1-5H3,(H,18,19)/b10-9+. The lowest BCUT2D eigenvalue weighted by Crippen LogP contribution is -2.41. The minimum Gasteiger partial charge on any atom is -0.400 e. The molecule has 0 unspecified atom stereocenters. The maximum Gasteiger partial charge on any atom is 0.487 e. The van der Waals surface area contributed by atoms with Crippen LogP contribution < -0.4 is 5.32 Å². The Morgan fingerprint density at radius 3 is 2.52 bits per heavy atom. The zero-order chi connectivity index (χ0) is 15.5. The van der Waals surface area contributed by atoms with Gasteiger partial charge in [-0.2, -0.15) is 0 Å². The van der Waals surface area contributed by atoms with Gasteiger partial charge in [-0.1, -0.05) is 19.0 Å². The fraction of sp³-hybridized carbons (Fsp3) is 0.562. The van der Waals surface area contributed by atoms with Gasteiger partial charge in [0, 0.05) is 18.3 Å². The van der Waals surface area contributed by atoms with Crippen LogP contribution in [0.3, 0.4) is 0 Å². The van der Waals surface area contributed by atoms with Crippen LogP contribution >= 0.6 is 0 Å². The molecule has 1 saturated heterocycles. The maximum absolute atomic E-state index is 5.96. The Morgan fingerprint density at radius 1 is 1.24 bits per heavy atom. The zero-order valence-electron chi connectivity index (χ0n) is 13.6. The molecule has 0 amide bonds. The van der Waals surface area contributed by atoms with Crippen molar-refractivity contribution in [3.05, 3.63) is 29.9 Å². The molecule has 21 heavy (non-hydrogen) atoms. The minimum absolute atomic E-state index is 0.305. The van der Waals surface area contributed by atoms with Gasteiger partial charge in [0.1, 0.15) is 5.82 Å². The quantitative estimate of drug-likeness (QED) is 0.841. The van der Waals surface area contributed by atoms with Gasteiger partial charge in [-0.25, -0.2) is 4.98 Å². The van der Waals surface area contributed by atoms with Crippen LogP contribution in [0.15, 0.2) is 24.3 Å². The van der Waals surface area contributed by atoms with Crippen LogP contribution in [0, 0.1) is 0 Å². The summed E-state index contributed by atoms with van der Waals surface area (Å²) in [5.74, 6) is 2.84. The molecule has 0 aromatic carbocycles. The van der Waals surface area contributed by atoms with E-state index in [0.29, 0.717) is 0 Å². The van der Waals surface area contributed by atoms with Gasteiger partial charge < -0.3 is 14.6 Å². The molecule has 2 rings (SSSR count). The van der Waals surface area contributed by atoms with Crippen LogP contribution in [0.25, 0.3) is 6.08 Å². The van der Waals surface area contributed by atoms with Crippen LogP contribution in [-0.4, -0.2) is 29.8 Å². The van der Waals surface area contributed by atoms with E-state index in [-0.39, 0.29) is 18.3 Å². The van der Waals surface area contributed by atoms with Crippen molar-refractivity contribution in [2.45, 2.75) is 52.2 Å². The molecule has 0 bridgehead atoms. The van der Waals surface area contributed by atoms with Crippen molar-refractivity contribution in [1.82, 2.24) is 4.98 Å². The average molecular weight is 288 g/mol. The Balaban J connectivity index is 2.09. The number of nitrogens with one attached hydrogen (secondary N) is 1. The smallest absolute Gasteiger partial charge is 0.400 e. The fourth-order valence-electron chi connectivity index (χ4n) is 2.09. The molecule has 114 valence electrons. The van der Waals surface area contributed by atoms with E-state index in [9.17, 15) is 0 Å². The molecule has 1 aliphatic rings. The Kier molecular flexibility index (Phi) is 4.74. The fourth-order valence-corrected chi connectivity index (χ4v) is 2.09. The summed E-state index contributed by atoms with van der Waals surface area (Å²) in [5, 5.41) is 3.33. The molecule has 1 aromatic rings. The lowest BCUT2D eigenvalue weighted by atomic mass is 9.89. The summed E-state index contributed by atoms with van der Waals surface area (Å²) in [4.78, 5) is 4.37. The van der Waals surface area contributed by atoms with Gasteiger partial charge in [0.05, 0.1) is 11.2 Å². The van der Waals surface area contributed by atoms with Gasteiger partial charge in [-0.3, -0.25) is 0 Å². The van der Waals surface area contributed by atoms with E-state index in [1.807, 2.05) is 24.2 Å². The van der Waals surface area contributed by atoms with Crippen LogP contribution in [-0.2, 0) is 9.31 Å². The number of rotatable bonds is 5. The molecule has 1 N–H and O–H groups in total. The highest BCUT2D eigenvalue weighted by atomic mass is 16.7. The molecule has 1 fully saturated rings. The molecule has 1 aliphatic heterocycles. The Hall–Kier alpha value is -1.33. The SMILES string of the molecule is CCCNc1ncccc1/C=C/B1OC(C)(C)C(C)(C)O1. The van der Waals surface area contributed by atoms with Crippen molar-refractivity contribution in [2.75, 3.05) is 11.9 Å². The number of pyridine rings is 1. The number of hydrogen-bond acceptors (Lipinski definition) is 4. The van der Waals surface area contributed by atoms with Gasteiger partial charge in [-0.05, 0) is 46.2 Å². The van der Waals surface area contributed by atoms with Crippen LogP contribution in [0.1, 0.15) is 46.6 Å². The number of hydrogen-bond donors (Lipinski definition) is 1. The lowest BCUT2D eigenvalue weighted by Gasteiger charge is -2.32. The van der Waals surface area contributed by atoms with E-state index in [0.717, 1.165) is 24.3 Å². The molecule has 0 radical (unpaired) electrons. The highest BCUT2D eigenvalue weighted by Gasteiger charge is 2.49. The molecule has 0 aliphatic carbocycles. The Morgan fingerprint density at radius 2 is 1.90 bits per heavy atom. The van der Waals surface area contributed by atoms with Crippen molar-refractivity contribution in [3.8, 4) is 0 Å². The van der Waals surface area contributed by atoms with Crippen molar-refractivity contribution in [2.24, 2.45) is 0 Å². The first-order chi connectivity index (χ1) is 9.86. The van der Waals surface area contributed by atoms with Gasteiger partial charge in [0.25, 0.3) is 0 Å². The Bertz CT molecular complexity index is 499. The zero-order valence-corrected chi connectivity index (χ0v) is 13.6. The normalized spacial score (nSPS) is 20.1. The van der Waals surface area contributed by atoms with E-state index < -0.39 is 0 Å². The van der Waals surface area contributed by atoms with Gasteiger partial charge in [-0.15, -0.1) is 0 Å². The summed E-state index contributed by atoms with van der Waals surface area (Å²) in [6.07, 6.45) is 4.87. The minimum atomic E-state index is -0.325. The second kappa shape index (κ2) is 6.20. The van der Waals surface area contributed by atoms with E-state index in [2.05, 4.69) is 44.9 Å². The first-order valence-electron chi connectivity index (χ1n) is 7.58. The predicted molar refractivity (Wildman–Crippen MR) is 88.1 cm³/mol. The first kappa shape index (κ1) is 16.1. The predicted octanol–water partition coefficient (Wildman–Crippen LogP) is 3.55. The van der Waals surface area contributed by atoms with E-state index in [4.69, 9.17) is 9.31 Å². The summed E-state index contributed by atoms with van der Waals surface area (Å²) < 4.78 is 11.9. The van der Waals surface area contributed by atoms with E-state index >= 15 is 0 Å². The summed E-state index contributed by atoms with van der Waals surface area (Å²) in [7, 11) is -0.325. The van der Waals surface area contributed by atoms with Gasteiger partial charge in [0.2, 0.25) is 0 Å². The molecule has 1 aromatic heterocycles. The van der Waals surface area contributed by atoms with Crippen LogP contribution in [0.2, 0.25) is 0 Å². The van der Waals surface area contributed by atoms with Crippen molar-refractivity contribution >= 4 is 19.0 Å². The molecular weight excluding hydrogens is 263 g/mol. The molecule has 0 spiro atoms. The summed E-state index contributed by atoms with van der Waals surface area (Å²) in [6, 6.07) is 3.97. The summed E-state index contributed by atoms with van der Waals surface area (Å²) in [6.45, 7) is 11.3. The molecular formula is C16H25BN2O2. The molecule has 0 atom stereocenters. The third-order valence-electron chi connectivity index (χ3n) is 4.09. The average Bonchev–Trinajstić information content (AvgIpc) is 2.63. The van der Waals surface area contributed by atoms with E-state index in [1.54, 1.807) is 6.20 Å². The molecule has 2 heterocycles. The first-order valence-corrected chi connectivity index (χ1v) is 7.58. The maximum atomic E-state index is 5.96. The lowest BCUT2D eigenvalue weighted by molar-refractivity contribution is 0.00578. The second-order valence-corrected chi connectivity index (χ2v) is 6.35. The monoisotopic (exact) mass is 288 g/mol. The number of anilines is 1.